The van der Waals surface area contributed by atoms with Gasteiger partial charge in [0.25, 0.3) is 0 Å². The minimum atomic E-state index is -0.162. The monoisotopic (exact) mass is 250 g/mol. The first-order chi connectivity index (χ1) is 8.42. The van der Waals surface area contributed by atoms with E-state index in [1.165, 1.54) is 0 Å². The van der Waals surface area contributed by atoms with Crippen LogP contribution in [0.25, 0.3) is 0 Å². The summed E-state index contributed by atoms with van der Waals surface area (Å²) in [5.74, 6) is 0.889. The van der Waals surface area contributed by atoms with Gasteiger partial charge in [-0.1, -0.05) is 18.6 Å². The third kappa shape index (κ3) is 5.52. The molecule has 0 bridgehead atoms. The fourth-order valence-electron chi connectivity index (χ4n) is 1.81. The Hall–Kier alpha value is -1.06. The highest BCUT2D eigenvalue weighted by atomic mass is 16.5. The molecule has 0 saturated heterocycles. The minimum Gasteiger partial charge on any atom is -0.488 e. The number of ether oxygens (including phenoxy) is 1. The lowest BCUT2D eigenvalue weighted by molar-refractivity contribution is 0.131. The maximum atomic E-state index is 6.13. The fourth-order valence-corrected chi connectivity index (χ4v) is 1.81. The van der Waals surface area contributed by atoms with Crippen molar-refractivity contribution < 1.29 is 4.74 Å². The lowest BCUT2D eigenvalue weighted by Crippen LogP contribution is -2.22. The van der Waals surface area contributed by atoms with E-state index in [9.17, 15) is 0 Å². The molecule has 0 aliphatic rings. The number of nitrogens with two attached hydrogens (primary N) is 2. The van der Waals surface area contributed by atoms with Crippen molar-refractivity contribution in [1.82, 2.24) is 0 Å². The Bertz CT molecular complexity index is 341. The van der Waals surface area contributed by atoms with Crippen LogP contribution in [0.15, 0.2) is 24.3 Å². The van der Waals surface area contributed by atoms with Gasteiger partial charge in [-0.05, 0) is 57.9 Å². The normalized spacial score (nSPS) is 13.4. The molecule has 0 saturated carbocycles. The first kappa shape index (κ1) is 15.0. The molecule has 0 aromatic heterocycles. The summed E-state index contributed by atoms with van der Waals surface area (Å²) in [6.45, 7) is 6.86. The molecule has 0 fully saturated rings. The van der Waals surface area contributed by atoms with Gasteiger partial charge in [-0.2, -0.15) is 0 Å². The second kappa shape index (κ2) is 6.76. The van der Waals surface area contributed by atoms with E-state index in [1.807, 2.05) is 45.0 Å². The topological polar surface area (TPSA) is 61.3 Å². The Balaban J connectivity index is 2.54. The number of unbranched alkanes of at least 4 members (excludes halogenated alkanes) is 1. The molecule has 0 unspecified atom stereocenters. The minimum absolute atomic E-state index is 0.0974. The fraction of sp³-hybridized carbons (Fsp3) is 0.600. The molecule has 0 radical (unpaired) electrons. The SMILES string of the molecule is CC(C)(C)Oc1ccc([C@@H](N)CCCCN)cc1. The van der Waals surface area contributed by atoms with E-state index in [4.69, 9.17) is 16.2 Å². The largest absolute Gasteiger partial charge is 0.488 e. The van der Waals surface area contributed by atoms with Gasteiger partial charge in [-0.3, -0.25) is 0 Å². The molecule has 1 aromatic rings. The van der Waals surface area contributed by atoms with Crippen LogP contribution in [0.3, 0.4) is 0 Å². The summed E-state index contributed by atoms with van der Waals surface area (Å²) >= 11 is 0. The summed E-state index contributed by atoms with van der Waals surface area (Å²) in [4.78, 5) is 0. The van der Waals surface area contributed by atoms with E-state index in [1.54, 1.807) is 0 Å². The van der Waals surface area contributed by atoms with Crippen LogP contribution in [0.5, 0.6) is 5.75 Å². The Labute approximate surface area is 111 Å². The van der Waals surface area contributed by atoms with E-state index >= 15 is 0 Å². The molecule has 1 atom stereocenters. The van der Waals surface area contributed by atoms with Gasteiger partial charge in [0.1, 0.15) is 11.4 Å². The van der Waals surface area contributed by atoms with Crippen molar-refractivity contribution in [2.24, 2.45) is 11.5 Å². The molecule has 3 nitrogen and oxygen atoms in total. The van der Waals surface area contributed by atoms with Crippen LogP contribution in [0, 0.1) is 0 Å². The van der Waals surface area contributed by atoms with Gasteiger partial charge < -0.3 is 16.2 Å². The van der Waals surface area contributed by atoms with Crippen LogP contribution in [-0.4, -0.2) is 12.1 Å². The third-order valence-electron chi connectivity index (χ3n) is 2.70. The summed E-state index contributed by atoms with van der Waals surface area (Å²) in [6.07, 6.45) is 3.10. The highest BCUT2D eigenvalue weighted by Gasteiger charge is 2.12. The Morgan fingerprint density at radius 1 is 1.11 bits per heavy atom. The molecule has 0 aliphatic carbocycles. The molecule has 0 amide bonds. The van der Waals surface area contributed by atoms with Crippen molar-refractivity contribution in [2.75, 3.05) is 6.54 Å². The molecule has 3 heteroatoms. The van der Waals surface area contributed by atoms with E-state index in [2.05, 4.69) is 0 Å². The predicted molar refractivity (Wildman–Crippen MR) is 76.7 cm³/mol. The van der Waals surface area contributed by atoms with Gasteiger partial charge in [-0.15, -0.1) is 0 Å². The number of benzene rings is 1. The molecule has 102 valence electrons. The number of hydrogen-bond donors (Lipinski definition) is 2. The first-order valence-corrected chi connectivity index (χ1v) is 6.67. The molecule has 4 N–H and O–H groups in total. The quantitative estimate of drug-likeness (QED) is 0.763. The lowest BCUT2D eigenvalue weighted by atomic mass is 10.0. The predicted octanol–water partition coefficient (Wildman–Crippen LogP) is 2.99. The van der Waals surface area contributed by atoms with Gasteiger partial charge in [0.15, 0.2) is 0 Å². The molecule has 0 aliphatic heterocycles. The van der Waals surface area contributed by atoms with Crippen molar-refractivity contribution >= 4 is 0 Å². The highest BCUT2D eigenvalue weighted by Crippen LogP contribution is 2.22. The van der Waals surface area contributed by atoms with Crippen LogP contribution >= 0.6 is 0 Å². The van der Waals surface area contributed by atoms with Crippen molar-refractivity contribution in [1.29, 1.82) is 0 Å². The van der Waals surface area contributed by atoms with Crippen molar-refractivity contribution in [3.05, 3.63) is 29.8 Å². The zero-order valence-corrected chi connectivity index (χ0v) is 11.8. The van der Waals surface area contributed by atoms with Gasteiger partial charge in [-0.25, -0.2) is 0 Å². The van der Waals surface area contributed by atoms with Crippen molar-refractivity contribution in [3.8, 4) is 5.75 Å². The van der Waals surface area contributed by atoms with Gasteiger partial charge in [0, 0.05) is 6.04 Å². The Morgan fingerprint density at radius 2 is 1.72 bits per heavy atom. The summed E-state index contributed by atoms with van der Waals surface area (Å²) in [5, 5.41) is 0. The van der Waals surface area contributed by atoms with Crippen LogP contribution < -0.4 is 16.2 Å². The maximum absolute atomic E-state index is 6.13. The van der Waals surface area contributed by atoms with Crippen LogP contribution in [0.4, 0.5) is 0 Å². The average molecular weight is 250 g/mol. The van der Waals surface area contributed by atoms with Crippen LogP contribution in [-0.2, 0) is 0 Å². The second-order valence-electron chi connectivity index (χ2n) is 5.67. The van der Waals surface area contributed by atoms with E-state index < -0.39 is 0 Å². The van der Waals surface area contributed by atoms with Gasteiger partial charge >= 0.3 is 0 Å². The second-order valence-corrected chi connectivity index (χ2v) is 5.67. The average Bonchev–Trinajstić information content (AvgIpc) is 2.28. The molecule has 1 rings (SSSR count). The zero-order valence-electron chi connectivity index (χ0n) is 11.8. The summed E-state index contributed by atoms with van der Waals surface area (Å²) in [7, 11) is 0. The molecule has 18 heavy (non-hydrogen) atoms. The van der Waals surface area contributed by atoms with Crippen LogP contribution in [0.1, 0.15) is 51.6 Å². The standard InChI is InChI=1S/C15H26N2O/c1-15(2,3)18-13-9-7-12(8-10-13)14(17)6-4-5-11-16/h7-10,14H,4-6,11,16-17H2,1-3H3/t14-/m0/s1. The zero-order chi connectivity index (χ0) is 13.6. The Kier molecular flexibility index (Phi) is 5.63. The summed E-state index contributed by atoms with van der Waals surface area (Å²) in [5.41, 5.74) is 12.6. The molecule has 0 spiro atoms. The molecule has 0 heterocycles. The van der Waals surface area contributed by atoms with E-state index in [-0.39, 0.29) is 11.6 Å². The van der Waals surface area contributed by atoms with E-state index in [0.29, 0.717) is 0 Å². The first-order valence-electron chi connectivity index (χ1n) is 6.67. The van der Waals surface area contributed by atoms with Crippen molar-refractivity contribution in [3.63, 3.8) is 0 Å². The third-order valence-corrected chi connectivity index (χ3v) is 2.70. The van der Waals surface area contributed by atoms with Gasteiger partial charge in [0.2, 0.25) is 0 Å². The Morgan fingerprint density at radius 3 is 2.22 bits per heavy atom. The number of hydrogen-bond acceptors (Lipinski definition) is 3. The van der Waals surface area contributed by atoms with E-state index in [0.717, 1.165) is 37.1 Å². The van der Waals surface area contributed by atoms with Crippen LogP contribution in [0.2, 0.25) is 0 Å². The maximum Gasteiger partial charge on any atom is 0.120 e. The van der Waals surface area contributed by atoms with Crippen molar-refractivity contribution in [2.45, 2.75) is 51.7 Å². The van der Waals surface area contributed by atoms with Gasteiger partial charge in [0.05, 0.1) is 0 Å². The smallest absolute Gasteiger partial charge is 0.120 e. The molecular formula is C15H26N2O. The summed E-state index contributed by atoms with van der Waals surface area (Å²) in [6, 6.07) is 8.18. The molecule has 1 aromatic carbocycles. The number of rotatable bonds is 6. The highest BCUT2D eigenvalue weighted by molar-refractivity contribution is 5.29. The summed E-state index contributed by atoms with van der Waals surface area (Å²) < 4.78 is 5.78. The molecular weight excluding hydrogens is 224 g/mol. The lowest BCUT2D eigenvalue weighted by Gasteiger charge is -2.21.